The Labute approximate surface area is 256 Å². The second kappa shape index (κ2) is 12.6. The topological polar surface area (TPSA) is 140 Å². The van der Waals surface area contributed by atoms with Crippen LogP contribution in [-0.4, -0.2) is 26.0 Å². The van der Waals surface area contributed by atoms with Gasteiger partial charge in [0.15, 0.2) is 0 Å². The van der Waals surface area contributed by atoms with Gasteiger partial charge >= 0.3 is 29.6 Å². The van der Waals surface area contributed by atoms with Crippen LogP contribution in [0.25, 0.3) is 10.8 Å². The Kier molecular flexibility index (Phi) is 10.0. The third-order valence-electron chi connectivity index (χ3n) is 5.67. The number of nitrogens with one attached hydrogen (secondary N) is 1. The first kappa shape index (κ1) is 30.8. The summed E-state index contributed by atoms with van der Waals surface area (Å²) in [5.74, 6) is -0.969. The van der Waals surface area contributed by atoms with Crippen LogP contribution in [0, 0.1) is 0 Å². The molecule has 0 bridgehead atoms. The average Bonchev–Trinajstić information content (AvgIpc) is 2.89. The predicted octanol–water partition coefficient (Wildman–Crippen LogP) is 3.71. The molecule has 0 radical (unpaired) electrons. The van der Waals surface area contributed by atoms with Gasteiger partial charge in [-0.05, 0) is 47.7 Å². The molecule has 0 aliphatic heterocycles. The summed E-state index contributed by atoms with van der Waals surface area (Å²) in [6.07, 6.45) is 0.350. The second-order valence-electron chi connectivity index (χ2n) is 8.07. The summed E-state index contributed by atoms with van der Waals surface area (Å²) in [5, 5.41) is 25.3. The van der Waals surface area contributed by atoms with E-state index in [1.165, 1.54) is 25.3 Å². The van der Waals surface area contributed by atoms with Gasteiger partial charge in [0.25, 0.3) is 16.0 Å². The molecule has 0 aliphatic carbocycles. The summed E-state index contributed by atoms with van der Waals surface area (Å²) in [7, 11) is -3.17. The Bertz CT molecular complexity index is 1710. The Morgan fingerprint density at radius 1 is 1.08 bits per heavy atom. The number of fused-ring (bicyclic) bond motifs is 1. The van der Waals surface area contributed by atoms with E-state index in [4.69, 9.17) is 27.9 Å². The van der Waals surface area contributed by atoms with Crippen LogP contribution >= 0.6 is 23.2 Å². The largest absolute Gasteiger partial charge is 1.00 e. The minimum absolute atomic E-state index is 0. The number of carbonyl (C=O) groups excluding carboxylic acids is 1. The molecule has 0 spiro atoms. The van der Waals surface area contributed by atoms with Crippen LogP contribution in [-0.2, 0) is 16.5 Å². The van der Waals surface area contributed by atoms with Gasteiger partial charge in [0.2, 0.25) is 0 Å². The summed E-state index contributed by atoms with van der Waals surface area (Å²) >= 11 is 12.3. The molecular formula is C26H20Cl2N3NaO6S. The molecule has 4 aromatic rings. The number of anilines is 1. The fraction of sp³-hybridized carbons (Fsp3) is 0.115. The maximum absolute atomic E-state index is 13.4. The molecule has 0 fully saturated rings. The minimum atomic E-state index is -4.64. The molecule has 0 saturated heterocycles. The van der Waals surface area contributed by atoms with Crippen molar-refractivity contribution in [2.75, 3.05) is 12.4 Å². The maximum Gasteiger partial charge on any atom is 1.00 e. The van der Waals surface area contributed by atoms with Crippen LogP contribution in [0.3, 0.4) is 0 Å². The van der Waals surface area contributed by atoms with Crippen molar-refractivity contribution < 1.29 is 57.2 Å². The van der Waals surface area contributed by atoms with Crippen molar-refractivity contribution in [3.8, 4) is 11.5 Å². The van der Waals surface area contributed by atoms with Crippen LogP contribution in [0.15, 0.2) is 75.8 Å². The molecule has 39 heavy (non-hydrogen) atoms. The summed E-state index contributed by atoms with van der Waals surface area (Å²) in [4.78, 5) is 12.6. The summed E-state index contributed by atoms with van der Waals surface area (Å²) in [5.41, 5.74) is 0.358. The molecule has 1 amide bonds. The molecule has 4 aromatic carbocycles. The van der Waals surface area contributed by atoms with Gasteiger partial charge in [-0.3, -0.25) is 9.35 Å². The standard InChI is InChI=1S/C26H21Cl2N3O6S.Na/c1-3-14-10-16(12-22(23(14)28)38(34,35)36)30-31-24-18-7-5-4-6-15(18)11-19(25(24)32)26(33)29-21-13-17(37-2)8-9-20(21)27;/h4-13,32H,3H2,1-2H3,(H,29,33)(H,34,35,36);/q;+1/p-1. The van der Waals surface area contributed by atoms with Crippen molar-refractivity contribution in [3.05, 3.63) is 81.8 Å². The first-order valence-corrected chi connectivity index (χ1v) is 13.3. The third kappa shape index (κ3) is 6.72. The van der Waals surface area contributed by atoms with Crippen molar-refractivity contribution in [1.29, 1.82) is 0 Å². The predicted molar refractivity (Wildman–Crippen MR) is 144 cm³/mol. The Balaban J connectivity index is 0.00000420. The van der Waals surface area contributed by atoms with Crippen LogP contribution in [0.5, 0.6) is 11.5 Å². The summed E-state index contributed by atoms with van der Waals surface area (Å²) in [6, 6.07) is 15.5. The molecule has 196 valence electrons. The number of hydrogen-bond acceptors (Lipinski definition) is 7. The zero-order chi connectivity index (χ0) is 27.6. The van der Waals surface area contributed by atoms with E-state index in [9.17, 15) is 22.9 Å². The monoisotopic (exact) mass is 595 g/mol. The molecule has 0 aliphatic rings. The Hall–Kier alpha value is -2.70. The summed E-state index contributed by atoms with van der Waals surface area (Å²) in [6.45, 7) is 1.75. The van der Waals surface area contributed by atoms with Crippen LogP contribution in [0.1, 0.15) is 22.8 Å². The number of nitrogens with zero attached hydrogens (tertiary/aromatic N) is 2. The molecule has 2 N–H and O–H groups in total. The smallest absolute Gasteiger partial charge is 0.870 e. The molecule has 0 unspecified atom stereocenters. The fourth-order valence-corrected chi connectivity index (χ4v) is 5.07. The molecule has 4 rings (SSSR count). The zero-order valence-electron chi connectivity index (χ0n) is 21.0. The third-order valence-corrected chi connectivity index (χ3v) is 7.43. The normalized spacial score (nSPS) is 11.4. The van der Waals surface area contributed by atoms with E-state index in [1.54, 1.807) is 43.3 Å². The van der Waals surface area contributed by atoms with Gasteiger partial charge in [-0.25, -0.2) is 0 Å². The van der Waals surface area contributed by atoms with Gasteiger partial charge in [0, 0.05) is 17.0 Å². The van der Waals surface area contributed by atoms with Crippen LogP contribution < -0.4 is 44.7 Å². The van der Waals surface area contributed by atoms with Crippen molar-refractivity contribution in [1.82, 2.24) is 0 Å². The van der Waals surface area contributed by atoms with Gasteiger partial charge < -0.3 is 15.2 Å². The van der Waals surface area contributed by atoms with Crippen molar-refractivity contribution in [2.45, 2.75) is 18.2 Å². The van der Waals surface area contributed by atoms with E-state index in [1.807, 2.05) is 0 Å². The molecule has 0 saturated carbocycles. The fourth-order valence-electron chi connectivity index (χ4n) is 3.74. The van der Waals surface area contributed by atoms with Crippen LogP contribution in [0.2, 0.25) is 10.0 Å². The maximum atomic E-state index is 13.4. The van der Waals surface area contributed by atoms with Gasteiger partial charge in [0.1, 0.15) is 10.6 Å². The van der Waals surface area contributed by atoms with E-state index < -0.39 is 26.7 Å². The summed E-state index contributed by atoms with van der Waals surface area (Å²) < 4.78 is 38.3. The number of azo groups is 1. The zero-order valence-corrected chi connectivity index (χ0v) is 25.4. The van der Waals surface area contributed by atoms with Gasteiger partial charge in [0.05, 0.1) is 34.2 Å². The van der Waals surface area contributed by atoms with E-state index in [-0.39, 0.29) is 62.2 Å². The Morgan fingerprint density at radius 2 is 1.79 bits per heavy atom. The van der Waals surface area contributed by atoms with E-state index >= 15 is 0 Å². The van der Waals surface area contributed by atoms with E-state index in [0.29, 0.717) is 28.5 Å². The van der Waals surface area contributed by atoms with Gasteiger partial charge in [-0.15, -0.1) is 0 Å². The average molecular weight is 596 g/mol. The molecular weight excluding hydrogens is 576 g/mol. The number of amides is 1. The molecule has 9 nitrogen and oxygen atoms in total. The molecule has 0 aromatic heterocycles. The number of rotatable bonds is 7. The quantitative estimate of drug-likeness (QED) is 0.189. The second-order valence-corrected chi connectivity index (χ2v) is 10.2. The van der Waals surface area contributed by atoms with Crippen LogP contribution in [0.4, 0.5) is 17.1 Å². The SMILES string of the molecule is CCc1cc(N=Nc2c([O-])c(C(=O)Nc3cc(OC)ccc3Cl)cc3ccccc23)cc(S(=O)(=O)O)c1Cl.[Na+]. The number of halogens is 2. The van der Waals surface area contributed by atoms with Crippen molar-refractivity contribution in [3.63, 3.8) is 0 Å². The molecule has 0 atom stereocenters. The van der Waals surface area contributed by atoms with Gasteiger partial charge in [-0.1, -0.05) is 60.1 Å². The Morgan fingerprint density at radius 3 is 2.46 bits per heavy atom. The first-order chi connectivity index (χ1) is 18.0. The number of benzene rings is 4. The van der Waals surface area contributed by atoms with Crippen molar-refractivity contribution >= 4 is 67.1 Å². The molecule has 13 heteroatoms. The number of carbonyl (C=O) groups is 1. The number of aryl methyl sites for hydroxylation is 1. The van der Waals surface area contributed by atoms with E-state index in [2.05, 4.69) is 15.5 Å². The van der Waals surface area contributed by atoms with Crippen molar-refractivity contribution in [2.24, 2.45) is 10.2 Å². The number of methoxy groups -OCH3 is 1. The number of ether oxygens (including phenoxy) is 1. The van der Waals surface area contributed by atoms with Gasteiger partial charge in [-0.2, -0.15) is 18.6 Å². The first-order valence-electron chi connectivity index (χ1n) is 11.1. The van der Waals surface area contributed by atoms with E-state index in [0.717, 1.165) is 6.07 Å². The minimum Gasteiger partial charge on any atom is -0.870 e. The molecule has 0 heterocycles. The number of hydrogen-bond donors (Lipinski definition) is 2.